The monoisotopic (exact) mass is 399 g/mol. The predicted molar refractivity (Wildman–Crippen MR) is 121 cm³/mol. The Kier molecular flexibility index (Phi) is 5.04. The predicted octanol–water partition coefficient (Wildman–Crippen LogP) is 3.95. The normalized spacial score (nSPS) is 22.1. The lowest BCUT2D eigenvalue weighted by molar-refractivity contribution is -0.131. The minimum atomic E-state index is -0.943. The zero-order valence-corrected chi connectivity index (χ0v) is 17.1. The molecule has 4 rings (SSSR count). The molecular formula is C25H25N3O2. The molecule has 1 aliphatic carbocycles. The van der Waals surface area contributed by atoms with Crippen molar-refractivity contribution in [3.05, 3.63) is 100 Å². The first-order valence-electron chi connectivity index (χ1n) is 10.00. The van der Waals surface area contributed by atoms with Crippen molar-refractivity contribution in [1.29, 1.82) is 0 Å². The van der Waals surface area contributed by atoms with Gasteiger partial charge in [-0.15, -0.1) is 0 Å². The highest BCUT2D eigenvalue weighted by atomic mass is 16.4. The second-order valence-corrected chi connectivity index (χ2v) is 7.83. The van der Waals surface area contributed by atoms with Crippen LogP contribution in [-0.4, -0.2) is 22.3 Å². The zero-order chi connectivity index (χ0) is 21.3. The third kappa shape index (κ3) is 3.54. The molecule has 1 atom stereocenters. The van der Waals surface area contributed by atoms with Gasteiger partial charge in [0.05, 0.1) is 17.6 Å². The molecule has 0 saturated heterocycles. The molecule has 5 nitrogen and oxygen atoms in total. The Bertz CT molecular complexity index is 1130. The molecule has 3 aliphatic rings. The van der Waals surface area contributed by atoms with E-state index in [0.717, 1.165) is 52.6 Å². The molecule has 2 aliphatic heterocycles. The van der Waals surface area contributed by atoms with Crippen LogP contribution in [0.2, 0.25) is 0 Å². The van der Waals surface area contributed by atoms with Gasteiger partial charge in [0.15, 0.2) is 0 Å². The van der Waals surface area contributed by atoms with Gasteiger partial charge >= 0.3 is 5.97 Å². The van der Waals surface area contributed by atoms with E-state index < -0.39 is 11.5 Å². The van der Waals surface area contributed by atoms with Crippen molar-refractivity contribution in [3.8, 4) is 0 Å². The van der Waals surface area contributed by atoms with E-state index in [0.29, 0.717) is 5.70 Å². The Morgan fingerprint density at radius 3 is 2.83 bits per heavy atom. The van der Waals surface area contributed by atoms with Crippen molar-refractivity contribution in [3.63, 3.8) is 0 Å². The minimum absolute atomic E-state index is 0.498. The molecule has 4 N–H and O–H groups in total. The van der Waals surface area contributed by atoms with Crippen molar-refractivity contribution < 1.29 is 9.90 Å². The Morgan fingerprint density at radius 2 is 2.07 bits per heavy atom. The van der Waals surface area contributed by atoms with Crippen molar-refractivity contribution in [2.75, 3.05) is 0 Å². The number of carboxylic acids is 1. The van der Waals surface area contributed by atoms with E-state index in [9.17, 15) is 4.79 Å². The van der Waals surface area contributed by atoms with Gasteiger partial charge < -0.3 is 16.2 Å². The summed E-state index contributed by atoms with van der Waals surface area (Å²) < 4.78 is 0. The van der Waals surface area contributed by atoms with Crippen LogP contribution in [0.5, 0.6) is 0 Å². The highest BCUT2D eigenvalue weighted by Crippen LogP contribution is 2.37. The molecule has 0 radical (unpaired) electrons. The summed E-state index contributed by atoms with van der Waals surface area (Å²) in [5, 5.41) is 12.5. The molecular weight excluding hydrogens is 374 g/mol. The number of aryl methyl sites for hydroxylation is 2. The zero-order valence-electron chi connectivity index (χ0n) is 17.1. The molecule has 1 aromatic carbocycles. The van der Waals surface area contributed by atoms with Gasteiger partial charge in [0, 0.05) is 17.3 Å². The number of nitrogens with zero attached hydrogens (tertiary/aromatic N) is 1. The van der Waals surface area contributed by atoms with Crippen LogP contribution < -0.4 is 11.1 Å². The number of carboxylic acid groups (broad SMARTS) is 1. The Balaban J connectivity index is 1.53. The lowest BCUT2D eigenvalue weighted by Gasteiger charge is -2.42. The molecule has 30 heavy (non-hydrogen) atoms. The third-order valence-corrected chi connectivity index (χ3v) is 5.77. The van der Waals surface area contributed by atoms with Gasteiger partial charge in [0.25, 0.3) is 0 Å². The first kappa shape index (κ1) is 19.7. The summed E-state index contributed by atoms with van der Waals surface area (Å²) in [7, 11) is 0. The topological polar surface area (TPSA) is 87.7 Å². The van der Waals surface area contributed by atoms with Crippen LogP contribution in [0.4, 0.5) is 0 Å². The minimum Gasteiger partial charge on any atom is -0.478 e. The molecule has 0 bridgehead atoms. The fourth-order valence-corrected chi connectivity index (χ4v) is 4.22. The molecule has 0 fully saturated rings. The van der Waals surface area contributed by atoms with Crippen LogP contribution in [0.3, 0.4) is 0 Å². The number of carbonyl (C=O) groups is 1. The van der Waals surface area contributed by atoms with Gasteiger partial charge in [0.1, 0.15) is 5.54 Å². The summed E-state index contributed by atoms with van der Waals surface area (Å²) in [5.41, 5.74) is 14.0. The summed E-state index contributed by atoms with van der Waals surface area (Å²) in [6.45, 7) is 4.13. The number of hydrogen-bond donors (Lipinski definition) is 3. The number of rotatable bonds is 5. The number of aliphatic carboxylic acids is 1. The van der Waals surface area contributed by atoms with Crippen molar-refractivity contribution >= 4 is 17.8 Å². The lowest BCUT2D eigenvalue weighted by atomic mass is 9.74. The number of dihydropyridines is 1. The average Bonchev–Trinajstić information content (AvgIpc) is 2.71. The second-order valence-electron chi connectivity index (χ2n) is 7.83. The van der Waals surface area contributed by atoms with E-state index in [2.05, 4.69) is 60.6 Å². The molecule has 2 heterocycles. The summed E-state index contributed by atoms with van der Waals surface area (Å²) in [5.74, 6) is -0.943. The quantitative estimate of drug-likeness (QED) is 0.654. The summed E-state index contributed by atoms with van der Waals surface area (Å²) in [4.78, 5) is 15.3. The Morgan fingerprint density at radius 1 is 1.23 bits per heavy atom. The Labute approximate surface area is 176 Å². The molecule has 0 amide bonds. The van der Waals surface area contributed by atoms with Crippen LogP contribution in [0, 0.1) is 6.92 Å². The summed E-state index contributed by atoms with van der Waals surface area (Å²) in [6, 6.07) is 6.04. The maximum atomic E-state index is 10.7. The fourth-order valence-electron chi connectivity index (χ4n) is 4.22. The van der Waals surface area contributed by atoms with Crippen molar-refractivity contribution in [2.24, 2.45) is 10.7 Å². The molecule has 0 aromatic heterocycles. The van der Waals surface area contributed by atoms with Gasteiger partial charge in [-0.3, -0.25) is 4.99 Å². The van der Waals surface area contributed by atoms with Gasteiger partial charge in [-0.05, 0) is 67.2 Å². The van der Waals surface area contributed by atoms with Gasteiger partial charge in [-0.2, -0.15) is 0 Å². The maximum absolute atomic E-state index is 10.7. The summed E-state index contributed by atoms with van der Waals surface area (Å²) in [6.07, 6.45) is 16.7. The van der Waals surface area contributed by atoms with E-state index in [1.165, 1.54) is 5.56 Å². The number of aliphatic imine (C=N–C) groups is 1. The second kappa shape index (κ2) is 7.67. The number of allylic oxidation sites excluding steroid dienone is 5. The Hall–Kier alpha value is -3.60. The highest BCUT2D eigenvalue weighted by Gasteiger charge is 2.43. The van der Waals surface area contributed by atoms with Crippen molar-refractivity contribution in [2.45, 2.75) is 32.2 Å². The van der Waals surface area contributed by atoms with Crippen LogP contribution in [0.1, 0.15) is 30.0 Å². The van der Waals surface area contributed by atoms with Crippen molar-refractivity contribution in [1.82, 2.24) is 5.32 Å². The van der Waals surface area contributed by atoms with E-state index in [-0.39, 0.29) is 0 Å². The lowest BCUT2D eigenvalue weighted by Crippen LogP contribution is -2.56. The number of hydrogen-bond acceptors (Lipinski definition) is 4. The number of nitrogens with two attached hydrogens (primary N) is 1. The highest BCUT2D eigenvalue weighted by molar-refractivity contribution is 6.13. The molecule has 0 saturated carbocycles. The van der Waals surface area contributed by atoms with Crippen LogP contribution in [0.25, 0.3) is 6.08 Å². The van der Waals surface area contributed by atoms with E-state index in [1.54, 1.807) is 12.3 Å². The maximum Gasteiger partial charge on any atom is 0.328 e. The first-order chi connectivity index (χ1) is 14.4. The fraction of sp³-hybridized carbons (Fsp3) is 0.200. The molecule has 1 spiro atoms. The van der Waals surface area contributed by atoms with E-state index in [4.69, 9.17) is 10.8 Å². The molecule has 1 aromatic rings. The van der Waals surface area contributed by atoms with Gasteiger partial charge in [-0.25, -0.2) is 4.79 Å². The average molecular weight is 399 g/mol. The molecule has 152 valence electrons. The van der Waals surface area contributed by atoms with E-state index in [1.807, 2.05) is 12.1 Å². The molecule has 5 heteroatoms. The van der Waals surface area contributed by atoms with E-state index >= 15 is 0 Å². The first-order valence-corrected chi connectivity index (χ1v) is 10.00. The van der Waals surface area contributed by atoms with Crippen LogP contribution >= 0.6 is 0 Å². The number of nitrogens with one attached hydrogen (secondary N) is 1. The standard InChI is InChI=1S/C25H25N3O2/c1-16-4-3-13-25-21(22(26)15-27-24(16)25)11-10-20(28-25)9-8-19-7-5-18(14-17(19)2)6-12-23(29)30/h3-7,10-15,28H,8-9,26H2,1-2H3,(H,29,30)/b12-6+. The van der Waals surface area contributed by atoms with Crippen LogP contribution in [-0.2, 0) is 11.2 Å². The third-order valence-electron chi connectivity index (χ3n) is 5.77. The van der Waals surface area contributed by atoms with Crippen LogP contribution in [0.15, 0.2) is 88.4 Å². The van der Waals surface area contributed by atoms with Gasteiger partial charge in [-0.1, -0.05) is 36.4 Å². The van der Waals surface area contributed by atoms with Gasteiger partial charge in [0.2, 0.25) is 0 Å². The molecule has 1 unspecified atom stereocenters. The smallest absolute Gasteiger partial charge is 0.328 e. The number of benzene rings is 1. The largest absolute Gasteiger partial charge is 0.478 e. The summed E-state index contributed by atoms with van der Waals surface area (Å²) >= 11 is 0. The SMILES string of the molecule is CC1=CC=CC23NC(CCc4ccc(/C=C/C(=O)O)cc4C)=CC=C2C(N)=CN=C13.